The van der Waals surface area contributed by atoms with E-state index >= 15 is 0 Å². The minimum atomic E-state index is -0.172. The Balaban J connectivity index is 1.94. The molecule has 1 saturated heterocycles. The van der Waals surface area contributed by atoms with Crippen molar-refractivity contribution in [1.82, 2.24) is 10.6 Å². The Bertz CT molecular complexity index is 300. The molecule has 0 aromatic rings. The molecular formula is C15H28N2O. The van der Waals surface area contributed by atoms with Gasteiger partial charge in [-0.1, -0.05) is 33.6 Å². The molecular weight excluding hydrogens is 224 g/mol. The van der Waals surface area contributed by atoms with Crippen LogP contribution in [-0.2, 0) is 4.79 Å². The van der Waals surface area contributed by atoms with Crippen molar-refractivity contribution in [2.45, 2.75) is 52.9 Å². The van der Waals surface area contributed by atoms with Gasteiger partial charge in [0.1, 0.15) is 0 Å². The zero-order valence-electron chi connectivity index (χ0n) is 12.1. The fourth-order valence-corrected chi connectivity index (χ4v) is 3.54. The molecule has 1 heterocycles. The molecule has 1 atom stereocenters. The number of amides is 1. The van der Waals surface area contributed by atoms with E-state index in [1.54, 1.807) is 0 Å². The Morgan fingerprint density at radius 3 is 2.44 bits per heavy atom. The summed E-state index contributed by atoms with van der Waals surface area (Å²) >= 11 is 0. The molecule has 104 valence electrons. The standard InChI is InChI=1S/C15H28N2O/c1-12(2)15(8-9-16-11-15)13(18)17-10-14(3)6-4-5-7-14/h12,16H,4-11H2,1-3H3,(H,17,18). The predicted molar refractivity (Wildman–Crippen MR) is 74.3 cm³/mol. The van der Waals surface area contributed by atoms with Crippen molar-refractivity contribution in [3.05, 3.63) is 0 Å². The maximum atomic E-state index is 12.6. The summed E-state index contributed by atoms with van der Waals surface area (Å²) in [6.07, 6.45) is 6.15. The van der Waals surface area contributed by atoms with Crippen LogP contribution in [-0.4, -0.2) is 25.5 Å². The van der Waals surface area contributed by atoms with Crippen molar-refractivity contribution in [2.75, 3.05) is 19.6 Å². The van der Waals surface area contributed by atoms with Crippen LogP contribution in [0.1, 0.15) is 52.9 Å². The van der Waals surface area contributed by atoms with E-state index in [0.29, 0.717) is 11.3 Å². The highest BCUT2D eigenvalue weighted by atomic mass is 16.2. The molecule has 1 unspecified atom stereocenters. The number of carbonyl (C=O) groups is 1. The van der Waals surface area contributed by atoms with E-state index in [4.69, 9.17) is 0 Å². The zero-order chi connectivity index (χ0) is 13.2. The number of hydrogen-bond acceptors (Lipinski definition) is 2. The molecule has 0 radical (unpaired) electrons. The lowest BCUT2D eigenvalue weighted by atomic mass is 9.75. The number of nitrogens with one attached hydrogen (secondary N) is 2. The molecule has 2 fully saturated rings. The molecule has 2 rings (SSSR count). The second-order valence-electron chi connectivity index (χ2n) is 6.94. The van der Waals surface area contributed by atoms with E-state index in [1.807, 2.05) is 0 Å². The Labute approximate surface area is 111 Å². The highest BCUT2D eigenvalue weighted by Crippen LogP contribution is 2.38. The molecule has 3 nitrogen and oxygen atoms in total. The first kappa shape index (κ1) is 13.9. The maximum absolute atomic E-state index is 12.6. The van der Waals surface area contributed by atoms with Gasteiger partial charge >= 0.3 is 0 Å². The third-order valence-corrected chi connectivity index (χ3v) is 5.23. The van der Waals surface area contributed by atoms with Gasteiger partial charge in [-0.3, -0.25) is 4.79 Å². The van der Waals surface area contributed by atoms with Crippen LogP contribution >= 0.6 is 0 Å². The van der Waals surface area contributed by atoms with Crippen LogP contribution in [0.15, 0.2) is 0 Å². The van der Waals surface area contributed by atoms with Crippen molar-refractivity contribution in [3.8, 4) is 0 Å². The maximum Gasteiger partial charge on any atom is 0.227 e. The SMILES string of the molecule is CC(C)C1(C(=O)NCC2(C)CCCC2)CCNC1. The lowest BCUT2D eigenvalue weighted by molar-refractivity contribution is -0.133. The normalized spacial score (nSPS) is 30.9. The summed E-state index contributed by atoms with van der Waals surface area (Å²) in [4.78, 5) is 12.6. The van der Waals surface area contributed by atoms with Gasteiger partial charge in [-0.15, -0.1) is 0 Å². The van der Waals surface area contributed by atoms with E-state index in [1.165, 1.54) is 25.7 Å². The van der Waals surface area contributed by atoms with Crippen LogP contribution in [0.5, 0.6) is 0 Å². The summed E-state index contributed by atoms with van der Waals surface area (Å²) in [6.45, 7) is 9.33. The highest BCUT2D eigenvalue weighted by Gasteiger charge is 2.44. The van der Waals surface area contributed by atoms with Crippen LogP contribution in [0.3, 0.4) is 0 Å². The average Bonchev–Trinajstić information content (AvgIpc) is 2.96. The minimum absolute atomic E-state index is 0.172. The molecule has 0 aromatic heterocycles. The van der Waals surface area contributed by atoms with Crippen LogP contribution in [0.25, 0.3) is 0 Å². The van der Waals surface area contributed by atoms with Crippen molar-refractivity contribution in [2.24, 2.45) is 16.7 Å². The molecule has 0 bridgehead atoms. The average molecular weight is 252 g/mol. The third-order valence-electron chi connectivity index (χ3n) is 5.23. The van der Waals surface area contributed by atoms with Gasteiger partial charge in [0.2, 0.25) is 5.91 Å². The smallest absolute Gasteiger partial charge is 0.227 e. The van der Waals surface area contributed by atoms with Gasteiger partial charge in [0.25, 0.3) is 0 Å². The highest BCUT2D eigenvalue weighted by molar-refractivity contribution is 5.83. The summed E-state index contributed by atoms with van der Waals surface area (Å²) in [6, 6.07) is 0. The summed E-state index contributed by atoms with van der Waals surface area (Å²) in [7, 11) is 0. The molecule has 0 aromatic carbocycles. The topological polar surface area (TPSA) is 41.1 Å². The van der Waals surface area contributed by atoms with E-state index in [9.17, 15) is 4.79 Å². The van der Waals surface area contributed by atoms with E-state index in [-0.39, 0.29) is 11.3 Å². The fourth-order valence-electron chi connectivity index (χ4n) is 3.54. The Morgan fingerprint density at radius 2 is 1.94 bits per heavy atom. The van der Waals surface area contributed by atoms with Gasteiger partial charge in [0, 0.05) is 13.1 Å². The number of carbonyl (C=O) groups excluding carboxylic acids is 1. The quantitative estimate of drug-likeness (QED) is 0.806. The molecule has 0 spiro atoms. The second-order valence-corrected chi connectivity index (χ2v) is 6.94. The predicted octanol–water partition coefficient (Wildman–Crippen LogP) is 2.32. The summed E-state index contributed by atoms with van der Waals surface area (Å²) in [5, 5.41) is 6.60. The lowest BCUT2D eigenvalue weighted by Gasteiger charge is -2.33. The van der Waals surface area contributed by atoms with E-state index in [0.717, 1.165) is 26.1 Å². The lowest BCUT2D eigenvalue weighted by Crippen LogP contribution is -2.48. The Hall–Kier alpha value is -0.570. The van der Waals surface area contributed by atoms with Crippen molar-refractivity contribution < 1.29 is 4.79 Å². The van der Waals surface area contributed by atoms with Crippen LogP contribution in [0, 0.1) is 16.7 Å². The number of rotatable bonds is 4. The Morgan fingerprint density at radius 1 is 1.28 bits per heavy atom. The van der Waals surface area contributed by atoms with Gasteiger partial charge < -0.3 is 10.6 Å². The first-order valence-corrected chi connectivity index (χ1v) is 7.48. The summed E-state index contributed by atoms with van der Waals surface area (Å²) in [5.41, 5.74) is 0.175. The van der Waals surface area contributed by atoms with E-state index in [2.05, 4.69) is 31.4 Å². The number of hydrogen-bond donors (Lipinski definition) is 2. The van der Waals surface area contributed by atoms with Crippen LogP contribution in [0.2, 0.25) is 0 Å². The first-order valence-electron chi connectivity index (χ1n) is 7.48. The van der Waals surface area contributed by atoms with E-state index < -0.39 is 0 Å². The largest absolute Gasteiger partial charge is 0.355 e. The molecule has 1 aliphatic heterocycles. The van der Waals surface area contributed by atoms with Crippen molar-refractivity contribution in [1.29, 1.82) is 0 Å². The molecule has 2 N–H and O–H groups in total. The minimum Gasteiger partial charge on any atom is -0.355 e. The van der Waals surface area contributed by atoms with Gasteiger partial charge in [-0.05, 0) is 37.1 Å². The Kier molecular flexibility index (Phi) is 4.00. The summed E-state index contributed by atoms with van der Waals surface area (Å²) in [5.74, 6) is 0.680. The molecule has 1 saturated carbocycles. The van der Waals surface area contributed by atoms with Crippen LogP contribution < -0.4 is 10.6 Å². The molecule has 3 heteroatoms. The van der Waals surface area contributed by atoms with Gasteiger partial charge in [-0.2, -0.15) is 0 Å². The molecule has 18 heavy (non-hydrogen) atoms. The third kappa shape index (κ3) is 2.56. The fraction of sp³-hybridized carbons (Fsp3) is 0.933. The van der Waals surface area contributed by atoms with Crippen LogP contribution in [0.4, 0.5) is 0 Å². The molecule has 1 amide bonds. The van der Waals surface area contributed by atoms with Crippen molar-refractivity contribution >= 4 is 5.91 Å². The molecule has 1 aliphatic carbocycles. The summed E-state index contributed by atoms with van der Waals surface area (Å²) < 4.78 is 0. The zero-order valence-corrected chi connectivity index (χ0v) is 12.1. The van der Waals surface area contributed by atoms with Gasteiger partial charge in [-0.25, -0.2) is 0 Å². The monoisotopic (exact) mass is 252 g/mol. The van der Waals surface area contributed by atoms with Gasteiger partial charge in [0.05, 0.1) is 5.41 Å². The van der Waals surface area contributed by atoms with Gasteiger partial charge in [0.15, 0.2) is 0 Å². The van der Waals surface area contributed by atoms with Crippen molar-refractivity contribution in [3.63, 3.8) is 0 Å². The first-order chi connectivity index (χ1) is 8.49. The second kappa shape index (κ2) is 5.20. The molecule has 2 aliphatic rings.